The molecule has 0 radical (unpaired) electrons. The van der Waals surface area contributed by atoms with Crippen molar-refractivity contribution in [3.8, 4) is 11.1 Å². The molecule has 0 aliphatic heterocycles. The number of aryl methyl sites for hydroxylation is 3. The number of thiophene rings is 1. The lowest BCUT2D eigenvalue weighted by Crippen LogP contribution is -2.16. The van der Waals surface area contributed by atoms with Crippen LogP contribution in [0.1, 0.15) is 34.0 Å². The van der Waals surface area contributed by atoms with Gasteiger partial charge in [-0.25, -0.2) is 4.79 Å². The number of hydrogen-bond donors (Lipinski definition) is 1. The number of nitrogens with one attached hydrogen (secondary N) is 1. The molecule has 4 rings (SSSR count). The molecule has 2 heterocycles. The maximum absolute atomic E-state index is 12.9. The fourth-order valence-corrected chi connectivity index (χ4v) is 4.86. The Balaban J connectivity index is 1.65. The summed E-state index contributed by atoms with van der Waals surface area (Å²) >= 11 is 1.34. The van der Waals surface area contributed by atoms with Gasteiger partial charge in [-0.2, -0.15) is 0 Å². The van der Waals surface area contributed by atoms with Crippen molar-refractivity contribution in [2.45, 2.75) is 27.2 Å². The van der Waals surface area contributed by atoms with E-state index < -0.39 is 5.97 Å². The average molecular weight is 447 g/mol. The first-order chi connectivity index (χ1) is 15.4. The van der Waals surface area contributed by atoms with Crippen molar-refractivity contribution in [2.75, 3.05) is 11.9 Å². The smallest absolute Gasteiger partial charge is 0.341 e. The van der Waals surface area contributed by atoms with Gasteiger partial charge in [0.15, 0.2) is 0 Å². The SMILES string of the molecule is CCOC(=O)c1c(-c2ccc(C)c(C)c2)csc1NC(=O)Cc1cn(C)c2ccccc12. The molecule has 1 amide bonds. The van der Waals surface area contributed by atoms with Gasteiger partial charge in [0.25, 0.3) is 0 Å². The number of esters is 1. The molecule has 164 valence electrons. The van der Waals surface area contributed by atoms with E-state index in [4.69, 9.17) is 4.74 Å². The van der Waals surface area contributed by atoms with Gasteiger partial charge in [-0.3, -0.25) is 4.79 Å². The van der Waals surface area contributed by atoms with E-state index in [1.54, 1.807) is 6.92 Å². The highest BCUT2D eigenvalue weighted by molar-refractivity contribution is 7.15. The van der Waals surface area contributed by atoms with E-state index in [0.717, 1.165) is 33.2 Å². The molecule has 0 fully saturated rings. The summed E-state index contributed by atoms with van der Waals surface area (Å²) in [5.74, 6) is -0.595. The molecule has 0 atom stereocenters. The number of para-hydroxylation sites is 1. The van der Waals surface area contributed by atoms with Crippen LogP contribution >= 0.6 is 11.3 Å². The van der Waals surface area contributed by atoms with Crippen LogP contribution in [0, 0.1) is 13.8 Å². The molecule has 0 aliphatic carbocycles. The number of aromatic nitrogens is 1. The van der Waals surface area contributed by atoms with Crippen LogP contribution in [0.25, 0.3) is 22.0 Å². The van der Waals surface area contributed by atoms with E-state index in [1.807, 2.05) is 66.5 Å². The number of hydrogen-bond acceptors (Lipinski definition) is 4. The zero-order chi connectivity index (χ0) is 22.8. The summed E-state index contributed by atoms with van der Waals surface area (Å²) in [5.41, 5.74) is 6.47. The summed E-state index contributed by atoms with van der Waals surface area (Å²) in [6.45, 7) is 6.14. The number of nitrogens with zero attached hydrogens (tertiary/aromatic N) is 1. The van der Waals surface area contributed by atoms with Gasteiger partial charge in [0.05, 0.1) is 13.0 Å². The molecule has 2 aromatic carbocycles. The van der Waals surface area contributed by atoms with Crippen LogP contribution in [0.3, 0.4) is 0 Å². The predicted octanol–water partition coefficient (Wildman–Crippen LogP) is 5.88. The Morgan fingerprint density at radius 3 is 2.62 bits per heavy atom. The number of carbonyl (C=O) groups excluding carboxylic acids is 2. The van der Waals surface area contributed by atoms with Crippen LogP contribution in [0.4, 0.5) is 5.00 Å². The van der Waals surface area contributed by atoms with Crippen LogP contribution in [0.2, 0.25) is 0 Å². The Hall–Kier alpha value is -3.38. The summed E-state index contributed by atoms with van der Waals surface area (Å²) in [5, 5.41) is 6.43. The van der Waals surface area contributed by atoms with Gasteiger partial charge in [-0.05, 0) is 49.1 Å². The fourth-order valence-electron chi connectivity index (χ4n) is 3.89. The molecule has 6 heteroatoms. The Labute approximate surface area is 191 Å². The number of ether oxygens (including phenoxy) is 1. The van der Waals surface area contributed by atoms with Gasteiger partial charge in [-0.15, -0.1) is 11.3 Å². The highest BCUT2D eigenvalue weighted by Gasteiger charge is 2.23. The number of benzene rings is 2. The van der Waals surface area contributed by atoms with E-state index >= 15 is 0 Å². The lowest BCUT2D eigenvalue weighted by atomic mass is 9.99. The molecule has 0 unspecified atom stereocenters. The Kier molecular flexibility index (Phi) is 6.15. The summed E-state index contributed by atoms with van der Waals surface area (Å²) in [4.78, 5) is 25.8. The average Bonchev–Trinajstić information content (AvgIpc) is 3.32. The van der Waals surface area contributed by atoms with E-state index in [2.05, 4.69) is 18.3 Å². The first-order valence-electron chi connectivity index (χ1n) is 10.6. The molecule has 5 nitrogen and oxygen atoms in total. The number of anilines is 1. The van der Waals surface area contributed by atoms with Crippen molar-refractivity contribution in [3.05, 3.63) is 76.3 Å². The second-order valence-corrected chi connectivity index (χ2v) is 8.76. The zero-order valence-electron chi connectivity index (χ0n) is 18.7. The van der Waals surface area contributed by atoms with Crippen molar-refractivity contribution >= 4 is 39.1 Å². The minimum atomic E-state index is -0.428. The van der Waals surface area contributed by atoms with Crippen molar-refractivity contribution in [1.29, 1.82) is 0 Å². The predicted molar refractivity (Wildman–Crippen MR) is 130 cm³/mol. The molecule has 32 heavy (non-hydrogen) atoms. The monoisotopic (exact) mass is 446 g/mol. The van der Waals surface area contributed by atoms with Crippen molar-refractivity contribution in [1.82, 2.24) is 4.57 Å². The maximum atomic E-state index is 12.9. The van der Waals surface area contributed by atoms with Crippen molar-refractivity contribution < 1.29 is 14.3 Å². The number of carbonyl (C=O) groups is 2. The number of rotatable bonds is 6. The molecule has 1 N–H and O–H groups in total. The fraction of sp³-hybridized carbons (Fsp3) is 0.231. The summed E-state index contributed by atoms with van der Waals surface area (Å²) < 4.78 is 7.34. The van der Waals surface area contributed by atoms with Crippen LogP contribution in [-0.4, -0.2) is 23.1 Å². The van der Waals surface area contributed by atoms with Gasteiger partial charge in [0.2, 0.25) is 5.91 Å². The van der Waals surface area contributed by atoms with Gasteiger partial charge in [0.1, 0.15) is 10.6 Å². The van der Waals surface area contributed by atoms with Gasteiger partial charge in [0, 0.05) is 35.1 Å². The standard InChI is InChI=1S/C26H26N2O3S/c1-5-31-26(30)24-21(18-11-10-16(2)17(3)12-18)15-32-25(24)27-23(29)13-19-14-28(4)22-9-7-6-8-20(19)22/h6-12,14-15H,5,13H2,1-4H3,(H,27,29). The summed E-state index contributed by atoms with van der Waals surface area (Å²) in [6, 6.07) is 14.1. The molecule has 4 aromatic rings. The third kappa shape index (κ3) is 4.18. The lowest BCUT2D eigenvalue weighted by molar-refractivity contribution is -0.115. The van der Waals surface area contributed by atoms with Crippen LogP contribution in [0.15, 0.2) is 54.0 Å². The molecule has 0 bridgehead atoms. The Bertz CT molecular complexity index is 1320. The third-order valence-corrected chi connectivity index (χ3v) is 6.57. The minimum absolute atomic E-state index is 0.166. The second kappa shape index (κ2) is 9.01. The largest absolute Gasteiger partial charge is 0.462 e. The first kappa shape index (κ1) is 21.8. The van der Waals surface area contributed by atoms with E-state index in [9.17, 15) is 9.59 Å². The van der Waals surface area contributed by atoms with E-state index in [-0.39, 0.29) is 18.9 Å². The molecular formula is C26H26N2O3S. The summed E-state index contributed by atoms with van der Waals surface area (Å²) in [7, 11) is 1.97. The summed E-state index contributed by atoms with van der Waals surface area (Å²) in [6.07, 6.45) is 2.20. The van der Waals surface area contributed by atoms with E-state index in [0.29, 0.717) is 10.6 Å². The molecule has 0 saturated heterocycles. The normalized spacial score (nSPS) is 11.0. The topological polar surface area (TPSA) is 60.3 Å². The highest BCUT2D eigenvalue weighted by atomic mass is 32.1. The molecule has 0 aliphatic rings. The highest BCUT2D eigenvalue weighted by Crippen LogP contribution is 2.37. The number of amides is 1. The lowest BCUT2D eigenvalue weighted by Gasteiger charge is -2.10. The molecule has 2 aromatic heterocycles. The Morgan fingerprint density at radius 2 is 1.88 bits per heavy atom. The van der Waals surface area contributed by atoms with Crippen LogP contribution in [-0.2, 0) is 23.0 Å². The molecule has 0 saturated carbocycles. The van der Waals surface area contributed by atoms with Crippen molar-refractivity contribution in [2.24, 2.45) is 7.05 Å². The molecule has 0 spiro atoms. The maximum Gasteiger partial charge on any atom is 0.341 e. The van der Waals surface area contributed by atoms with Gasteiger partial charge < -0.3 is 14.6 Å². The van der Waals surface area contributed by atoms with Crippen LogP contribution < -0.4 is 5.32 Å². The van der Waals surface area contributed by atoms with Gasteiger partial charge >= 0.3 is 5.97 Å². The number of fused-ring (bicyclic) bond motifs is 1. The zero-order valence-corrected chi connectivity index (χ0v) is 19.5. The minimum Gasteiger partial charge on any atom is -0.462 e. The third-order valence-electron chi connectivity index (χ3n) is 5.67. The van der Waals surface area contributed by atoms with E-state index in [1.165, 1.54) is 16.9 Å². The van der Waals surface area contributed by atoms with Crippen LogP contribution in [0.5, 0.6) is 0 Å². The van der Waals surface area contributed by atoms with Gasteiger partial charge in [-0.1, -0.05) is 36.4 Å². The first-order valence-corrected chi connectivity index (χ1v) is 11.5. The Morgan fingerprint density at radius 1 is 1.09 bits per heavy atom. The second-order valence-electron chi connectivity index (χ2n) is 7.88. The molecular weight excluding hydrogens is 420 g/mol. The quantitative estimate of drug-likeness (QED) is 0.376. The van der Waals surface area contributed by atoms with Crippen molar-refractivity contribution in [3.63, 3.8) is 0 Å².